The van der Waals surface area contributed by atoms with Crippen molar-refractivity contribution in [1.82, 2.24) is 14.8 Å². The summed E-state index contributed by atoms with van der Waals surface area (Å²) in [6, 6.07) is 11.2. The first kappa shape index (κ1) is 27.9. The average Bonchev–Trinajstić information content (AvgIpc) is 2.94. The Bertz CT molecular complexity index is 1120. The number of morpholine rings is 1. The predicted octanol–water partition coefficient (Wildman–Crippen LogP) is 5.76. The van der Waals surface area contributed by atoms with E-state index >= 15 is 0 Å². The Morgan fingerprint density at radius 2 is 1.95 bits per heavy atom. The largest absolute Gasteiger partial charge is 0.444 e. The molecule has 5 rings (SSSR count). The van der Waals surface area contributed by atoms with Gasteiger partial charge in [0.15, 0.2) is 0 Å². The van der Waals surface area contributed by atoms with Crippen molar-refractivity contribution in [3.8, 4) is 0 Å². The van der Waals surface area contributed by atoms with E-state index in [1.54, 1.807) is 0 Å². The van der Waals surface area contributed by atoms with Gasteiger partial charge in [-0.3, -0.25) is 14.8 Å². The Kier molecular flexibility index (Phi) is 8.77. The topological polar surface area (TPSA) is 58.1 Å². The van der Waals surface area contributed by atoms with E-state index in [-0.39, 0.29) is 18.2 Å². The van der Waals surface area contributed by atoms with Crippen LogP contribution in [0.15, 0.2) is 36.5 Å². The Hall–Kier alpha value is -2.64. The second-order valence-corrected chi connectivity index (χ2v) is 12.3. The molecule has 1 saturated heterocycles. The first-order valence-corrected chi connectivity index (χ1v) is 14.9. The van der Waals surface area contributed by atoms with E-state index in [9.17, 15) is 4.79 Å². The Morgan fingerprint density at radius 3 is 2.72 bits per heavy atom. The van der Waals surface area contributed by atoms with Gasteiger partial charge in [-0.15, -0.1) is 0 Å². The van der Waals surface area contributed by atoms with Crippen molar-refractivity contribution in [1.29, 1.82) is 0 Å². The molecule has 1 aromatic carbocycles. The summed E-state index contributed by atoms with van der Waals surface area (Å²) in [6.45, 7) is 13.8. The van der Waals surface area contributed by atoms with Gasteiger partial charge in [0.25, 0.3) is 0 Å². The third kappa shape index (κ3) is 6.58. The maximum Gasteiger partial charge on any atom is 0.410 e. The van der Waals surface area contributed by atoms with Crippen molar-refractivity contribution in [2.45, 2.75) is 90.4 Å². The molecule has 2 atom stereocenters. The van der Waals surface area contributed by atoms with E-state index in [1.807, 2.05) is 31.9 Å². The van der Waals surface area contributed by atoms with Crippen LogP contribution in [0.25, 0.3) is 0 Å². The highest BCUT2D eigenvalue weighted by Crippen LogP contribution is 2.37. The first-order chi connectivity index (χ1) is 18.8. The number of amides is 1. The van der Waals surface area contributed by atoms with Crippen LogP contribution in [0.5, 0.6) is 0 Å². The monoisotopic (exact) mass is 534 g/mol. The Labute approximate surface area is 234 Å². The third-order valence-corrected chi connectivity index (χ3v) is 8.30. The molecule has 0 spiro atoms. The number of carbonyl (C=O) groups excluding carboxylic acids is 1. The lowest BCUT2D eigenvalue weighted by Crippen LogP contribution is -2.52. The summed E-state index contributed by atoms with van der Waals surface area (Å²) in [5, 5.41) is 0. The average molecular weight is 535 g/mol. The van der Waals surface area contributed by atoms with Crippen LogP contribution in [-0.4, -0.2) is 71.9 Å². The number of fused-ring (bicyclic) bond motifs is 2. The van der Waals surface area contributed by atoms with E-state index in [1.165, 1.54) is 34.5 Å². The minimum absolute atomic E-state index is 0.0282. The number of rotatable bonds is 7. The normalized spacial score (nSPS) is 21.5. The standard InChI is InChI=1S/C32H46N4O3/c1-5-6-16-35(29-14-7-10-24-12-9-15-33-30(24)29)23-26-21-27-25(22-36(26)31(37)39-32(2,3)4)11-8-13-28(27)34-17-19-38-20-18-34/h8-9,11-13,15,26,29H,5-7,10,14,16-23H2,1-4H3/t26-,29+/m1/s1. The van der Waals surface area contributed by atoms with Crippen LogP contribution in [0, 0.1) is 0 Å². The molecule has 2 aliphatic heterocycles. The zero-order valence-electron chi connectivity index (χ0n) is 24.3. The lowest BCUT2D eigenvalue weighted by Gasteiger charge is -2.44. The number of aromatic nitrogens is 1. The zero-order chi connectivity index (χ0) is 27.4. The van der Waals surface area contributed by atoms with Crippen molar-refractivity contribution in [3.63, 3.8) is 0 Å². The van der Waals surface area contributed by atoms with E-state index in [4.69, 9.17) is 14.5 Å². The fourth-order valence-corrected chi connectivity index (χ4v) is 6.41. The number of unbranched alkanes of at least 4 members (excludes halogenated alkanes) is 1. The van der Waals surface area contributed by atoms with Gasteiger partial charge in [-0.05, 0) is 88.2 Å². The van der Waals surface area contributed by atoms with Gasteiger partial charge in [0, 0.05) is 38.1 Å². The van der Waals surface area contributed by atoms with Crippen LogP contribution in [0.3, 0.4) is 0 Å². The number of ether oxygens (including phenoxy) is 2. The van der Waals surface area contributed by atoms with Crippen molar-refractivity contribution < 1.29 is 14.3 Å². The number of anilines is 1. The highest BCUT2D eigenvalue weighted by Gasteiger charge is 2.37. The molecule has 1 aliphatic carbocycles. The number of carbonyl (C=O) groups is 1. The molecular formula is C32H46N4O3. The van der Waals surface area contributed by atoms with Crippen LogP contribution in [0.2, 0.25) is 0 Å². The van der Waals surface area contributed by atoms with Gasteiger partial charge in [0.1, 0.15) is 5.60 Å². The molecule has 0 unspecified atom stereocenters. The maximum atomic E-state index is 13.6. The molecule has 1 amide bonds. The number of benzene rings is 1. The van der Waals surface area contributed by atoms with Gasteiger partial charge in [-0.25, -0.2) is 4.79 Å². The van der Waals surface area contributed by atoms with Gasteiger partial charge in [0.05, 0.1) is 31.0 Å². The molecule has 7 nitrogen and oxygen atoms in total. The Morgan fingerprint density at radius 1 is 1.15 bits per heavy atom. The van der Waals surface area contributed by atoms with Crippen LogP contribution in [-0.2, 0) is 28.9 Å². The molecule has 2 aromatic rings. The fraction of sp³-hybridized carbons (Fsp3) is 0.625. The molecule has 1 aromatic heterocycles. The van der Waals surface area contributed by atoms with Crippen LogP contribution in [0.4, 0.5) is 10.5 Å². The van der Waals surface area contributed by atoms with Gasteiger partial charge >= 0.3 is 6.09 Å². The minimum atomic E-state index is -0.536. The van der Waals surface area contributed by atoms with E-state index in [2.05, 4.69) is 47.1 Å². The summed E-state index contributed by atoms with van der Waals surface area (Å²) in [4.78, 5) is 25.6. The second kappa shape index (κ2) is 12.3. The molecular weight excluding hydrogens is 488 g/mol. The zero-order valence-corrected chi connectivity index (χ0v) is 24.3. The predicted molar refractivity (Wildman–Crippen MR) is 155 cm³/mol. The molecule has 0 saturated carbocycles. The van der Waals surface area contributed by atoms with Gasteiger partial charge in [0.2, 0.25) is 0 Å². The quantitative estimate of drug-likeness (QED) is 0.450. The van der Waals surface area contributed by atoms with Crippen molar-refractivity contribution in [2.75, 3.05) is 44.3 Å². The lowest BCUT2D eigenvalue weighted by atomic mass is 9.88. The third-order valence-electron chi connectivity index (χ3n) is 8.30. The van der Waals surface area contributed by atoms with Crippen molar-refractivity contribution in [2.24, 2.45) is 0 Å². The summed E-state index contributed by atoms with van der Waals surface area (Å²) in [5.41, 5.74) is 5.98. The molecule has 0 radical (unpaired) electrons. The Balaban J connectivity index is 1.48. The number of nitrogens with zero attached hydrogens (tertiary/aromatic N) is 4. The number of pyridine rings is 1. The summed E-state index contributed by atoms with van der Waals surface area (Å²) in [7, 11) is 0. The van der Waals surface area contributed by atoms with Crippen molar-refractivity contribution in [3.05, 3.63) is 58.9 Å². The van der Waals surface area contributed by atoms with Crippen LogP contribution >= 0.6 is 0 Å². The van der Waals surface area contributed by atoms with Crippen molar-refractivity contribution >= 4 is 11.8 Å². The highest BCUT2D eigenvalue weighted by molar-refractivity contribution is 5.70. The van der Waals surface area contributed by atoms with Gasteiger partial charge in [-0.2, -0.15) is 0 Å². The minimum Gasteiger partial charge on any atom is -0.444 e. The fourth-order valence-electron chi connectivity index (χ4n) is 6.41. The molecule has 39 heavy (non-hydrogen) atoms. The summed E-state index contributed by atoms with van der Waals surface area (Å²) < 4.78 is 11.6. The van der Waals surface area contributed by atoms with E-state index in [0.29, 0.717) is 6.54 Å². The molecule has 0 N–H and O–H groups in total. The number of aryl methyl sites for hydroxylation is 1. The van der Waals surface area contributed by atoms with Crippen LogP contribution < -0.4 is 4.90 Å². The highest BCUT2D eigenvalue weighted by atomic mass is 16.6. The van der Waals surface area contributed by atoms with Gasteiger partial charge < -0.3 is 14.4 Å². The number of hydrogen-bond acceptors (Lipinski definition) is 6. The van der Waals surface area contributed by atoms with E-state index in [0.717, 1.165) is 71.5 Å². The van der Waals surface area contributed by atoms with Gasteiger partial charge in [-0.1, -0.05) is 31.5 Å². The summed E-state index contributed by atoms with van der Waals surface area (Å²) in [6.07, 6.45) is 8.22. The van der Waals surface area contributed by atoms with E-state index < -0.39 is 5.60 Å². The SMILES string of the molecule is CCCCN(C[C@H]1Cc2c(cccc2N2CCOCC2)CN1C(=O)OC(C)(C)C)[C@H]1CCCc2cccnc21. The summed E-state index contributed by atoms with van der Waals surface area (Å²) in [5.74, 6) is 0. The summed E-state index contributed by atoms with van der Waals surface area (Å²) >= 11 is 0. The van der Waals surface area contributed by atoms with Crippen LogP contribution in [0.1, 0.15) is 81.8 Å². The molecule has 3 aliphatic rings. The first-order valence-electron chi connectivity index (χ1n) is 14.9. The molecule has 212 valence electrons. The molecule has 3 heterocycles. The lowest BCUT2D eigenvalue weighted by molar-refractivity contribution is 0.00457. The second-order valence-electron chi connectivity index (χ2n) is 12.3. The molecule has 7 heteroatoms. The number of hydrogen-bond donors (Lipinski definition) is 0. The molecule has 1 fully saturated rings. The smallest absolute Gasteiger partial charge is 0.410 e. The molecule has 0 bridgehead atoms. The maximum absolute atomic E-state index is 13.6.